The molecule has 2 aromatic carbocycles. The molecular formula is C44H58N4O10. The Hall–Kier alpha value is -5.24. The third-order valence-electron chi connectivity index (χ3n) is 10.8. The second-order valence-corrected chi connectivity index (χ2v) is 16.6. The third-order valence-corrected chi connectivity index (χ3v) is 10.8. The first-order valence-electron chi connectivity index (χ1n) is 20.3. The van der Waals surface area contributed by atoms with Gasteiger partial charge in [-0.2, -0.15) is 0 Å². The summed E-state index contributed by atoms with van der Waals surface area (Å²) in [6.45, 7) is 9.27. The number of ketones is 3. The molecule has 14 heteroatoms. The fourth-order valence-electron chi connectivity index (χ4n) is 8.08. The van der Waals surface area contributed by atoms with Crippen LogP contribution in [0, 0.1) is 18.8 Å². The van der Waals surface area contributed by atoms with E-state index in [1.165, 1.54) is 23.1 Å². The lowest BCUT2D eigenvalue weighted by Crippen LogP contribution is -2.55. The maximum atomic E-state index is 14.7. The van der Waals surface area contributed by atoms with Gasteiger partial charge >= 0.3 is 5.97 Å². The topological polar surface area (TPSA) is 219 Å². The molecule has 1 saturated heterocycles. The molecule has 1 heterocycles. The van der Waals surface area contributed by atoms with Crippen LogP contribution in [-0.4, -0.2) is 87.3 Å². The number of benzene rings is 2. The predicted molar refractivity (Wildman–Crippen MR) is 215 cm³/mol. The molecule has 4 rings (SSSR count). The highest BCUT2D eigenvalue weighted by Gasteiger charge is 2.46. The summed E-state index contributed by atoms with van der Waals surface area (Å²) in [7, 11) is 0. The molecule has 1 saturated carbocycles. The Balaban J connectivity index is 1.52. The number of hydrogen-bond acceptors (Lipinski definition) is 9. The number of carboxylic acid groups (broad SMARTS) is 1. The molecule has 4 amide bonds. The van der Waals surface area contributed by atoms with E-state index < -0.39 is 89.1 Å². The number of aryl methyl sites for hydroxylation is 1. The van der Waals surface area contributed by atoms with Crippen molar-refractivity contribution in [3.63, 3.8) is 0 Å². The van der Waals surface area contributed by atoms with Crippen LogP contribution in [-0.2, 0) is 33.5 Å². The van der Waals surface area contributed by atoms with Crippen LogP contribution < -0.4 is 16.4 Å². The van der Waals surface area contributed by atoms with Crippen LogP contribution in [0.1, 0.15) is 136 Å². The van der Waals surface area contributed by atoms with Gasteiger partial charge in [0.05, 0.1) is 28.9 Å². The van der Waals surface area contributed by atoms with Crippen LogP contribution in [0.3, 0.4) is 0 Å². The van der Waals surface area contributed by atoms with E-state index in [9.17, 15) is 43.5 Å². The van der Waals surface area contributed by atoms with Crippen molar-refractivity contribution in [2.24, 2.45) is 17.6 Å². The zero-order valence-electron chi connectivity index (χ0n) is 34.2. The maximum absolute atomic E-state index is 14.7. The molecule has 1 aliphatic carbocycles. The monoisotopic (exact) mass is 802 g/mol. The molecule has 314 valence electrons. The van der Waals surface area contributed by atoms with E-state index in [1.807, 2.05) is 40.7 Å². The second-order valence-electron chi connectivity index (χ2n) is 16.6. The van der Waals surface area contributed by atoms with Crippen molar-refractivity contribution in [3.05, 3.63) is 70.8 Å². The molecule has 1 aliphatic heterocycles. The number of nitrogens with one attached hydrogen (secondary N) is 2. The molecule has 0 spiro atoms. The number of ether oxygens (including phenoxy) is 1. The zero-order chi connectivity index (χ0) is 42.7. The maximum Gasteiger partial charge on any atom is 0.336 e. The van der Waals surface area contributed by atoms with Crippen LogP contribution in [0.2, 0.25) is 0 Å². The number of aromatic carboxylic acids is 1. The minimum absolute atomic E-state index is 0.0482. The van der Waals surface area contributed by atoms with Crippen molar-refractivity contribution < 1.29 is 48.2 Å². The summed E-state index contributed by atoms with van der Waals surface area (Å²) in [5, 5.41) is 15.1. The number of rotatable bonds is 19. The first-order chi connectivity index (χ1) is 27.4. The Morgan fingerprint density at radius 2 is 1.59 bits per heavy atom. The standard InChI is InChI=1S/C44H58N4O10/c1-6-13-29(39(52)34(49)20-21-36(51)46-37(40(45)53)28-17-12-14-26(2)22-28)23-35(50)33-24-30(58-44(3,4)5)25-48(33)42(55)38(27-15-8-7-9-16-27)47-41(54)31-18-10-11-19-32(31)43(56)57/h10-12,14,17-19,22,27,29-30,33,37-38H,6-9,13,15-16,20-21,23-25H2,1-5H3,(H2,45,53)(H,46,51)(H,47,54)(H,56,57)/t29?,30-,33+,37?,38+/m1/s1. The van der Waals surface area contributed by atoms with Gasteiger partial charge in [0, 0.05) is 38.1 Å². The van der Waals surface area contributed by atoms with E-state index in [-0.39, 0.29) is 49.3 Å². The summed E-state index contributed by atoms with van der Waals surface area (Å²) in [5.74, 6) is -7.25. The highest BCUT2D eigenvalue weighted by Crippen LogP contribution is 2.33. The molecular weight excluding hydrogens is 745 g/mol. The first-order valence-corrected chi connectivity index (χ1v) is 20.3. The van der Waals surface area contributed by atoms with Gasteiger partial charge < -0.3 is 31.1 Å². The minimum Gasteiger partial charge on any atom is -0.478 e. The lowest BCUT2D eigenvalue weighted by atomic mass is 9.82. The van der Waals surface area contributed by atoms with Gasteiger partial charge in [0.2, 0.25) is 23.5 Å². The average molecular weight is 803 g/mol. The summed E-state index contributed by atoms with van der Waals surface area (Å²) in [6, 6.07) is 9.46. The number of carboxylic acids is 1. The van der Waals surface area contributed by atoms with E-state index in [1.54, 1.807) is 24.3 Å². The molecule has 14 nitrogen and oxygen atoms in total. The molecule has 2 aliphatic rings. The van der Waals surface area contributed by atoms with Crippen molar-refractivity contribution in [1.82, 2.24) is 15.5 Å². The Morgan fingerprint density at radius 1 is 0.914 bits per heavy atom. The Bertz CT molecular complexity index is 1860. The predicted octanol–water partition coefficient (Wildman–Crippen LogP) is 4.79. The Morgan fingerprint density at radius 3 is 2.19 bits per heavy atom. The van der Waals surface area contributed by atoms with E-state index >= 15 is 0 Å². The highest BCUT2D eigenvalue weighted by atomic mass is 16.5. The molecule has 5 N–H and O–H groups in total. The molecule has 0 radical (unpaired) electrons. The molecule has 2 unspecified atom stereocenters. The Kier molecular flexibility index (Phi) is 16.0. The number of carbonyl (C=O) groups is 8. The number of nitrogens with zero attached hydrogens (tertiary/aromatic N) is 1. The molecule has 0 bridgehead atoms. The van der Waals surface area contributed by atoms with E-state index in [0.29, 0.717) is 24.8 Å². The number of Topliss-reactive ketones (excluding diaryl/α,β-unsaturated/α-hetero) is 3. The zero-order valence-corrected chi connectivity index (χ0v) is 34.2. The summed E-state index contributed by atoms with van der Waals surface area (Å²) in [6.07, 6.45) is 3.07. The van der Waals surface area contributed by atoms with Crippen LogP contribution in [0.15, 0.2) is 48.5 Å². The van der Waals surface area contributed by atoms with Crippen molar-refractivity contribution in [3.8, 4) is 0 Å². The van der Waals surface area contributed by atoms with Crippen LogP contribution in [0.4, 0.5) is 0 Å². The minimum atomic E-state index is -1.29. The number of hydrogen-bond donors (Lipinski definition) is 4. The first kappa shape index (κ1) is 45.5. The van der Waals surface area contributed by atoms with Crippen molar-refractivity contribution in [1.29, 1.82) is 0 Å². The summed E-state index contributed by atoms with van der Waals surface area (Å²) < 4.78 is 6.26. The van der Waals surface area contributed by atoms with Gasteiger partial charge in [-0.3, -0.25) is 33.6 Å². The van der Waals surface area contributed by atoms with Gasteiger partial charge in [0.25, 0.3) is 5.91 Å². The average Bonchev–Trinajstić information content (AvgIpc) is 3.59. The van der Waals surface area contributed by atoms with Gasteiger partial charge in [-0.15, -0.1) is 0 Å². The van der Waals surface area contributed by atoms with Crippen molar-refractivity contribution >= 4 is 46.9 Å². The van der Waals surface area contributed by atoms with Crippen LogP contribution in [0.5, 0.6) is 0 Å². The fourth-order valence-corrected chi connectivity index (χ4v) is 8.08. The van der Waals surface area contributed by atoms with E-state index in [0.717, 1.165) is 24.8 Å². The molecule has 2 fully saturated rings. The van der Waals surface area contributed by atoms with Gasteiger partial charge in [-0.05, 0) is 70.6 Å². The number of likely N-dealkylation sites (tertiary alicyclic amines) is 1. The quantitative estimate of drug-likeness (QED) is 0.142. The van der Waals surface area contributed by atoms with Gasteiger partial charge in [0.15, 0.2) is 11.6 Å². The second kappa shape index (κ2) is 20.4. The van der Waals surface area contributed by atoms with Crippen molar-refractivity contribution in [2.75, 3.05) is 6.54 Å². The van der Waals surface area contributed by atoms with E-state index in [4.69, 9.17) is 10.5 Å². The fraction of sp³-hybridized carbons (Fsp3) is 0.545. The third kappa shape index (κ3) is 12.4. The molecule has 5 atom stereocenters. The summed E-state index contributed by atoms with van der Waals surface area (Å²) in [4.78, 5) is 108. The smallest absolute Gasteiger partial charge is 0.336 e. The highest BCUT2D eigenvalue weighted by molar-refractivity contribution is 6.38. The molecule has 58 heavy (non-hydrogen) atoms. The lowest BCUT2D eigenvalue weighted by molar-refractivity contribution is -0.143. The Labute approximate surface area is 340 Å². The van der Waals surface area contributed by atoms with Crippen molar-refractivity contribution in [2.45, 2.75) is 135 Å². The van der Waals surface area contributed by atoms with E-state index in [2.05, 4.69) is 10.6 Å². The van der Waals surface area contributed by atoms with Crippen LogP contribution in [0.25, 0.3) is 0 Å². The van der Waals surface area contributed by atoms with Crippen LogP contribution >= 0.6 is 0 Å². The van der Waals surface area contributed by atoms with Gasteiger partial charge in [-0.1, -0.05) is 74.6 Å². The number of amides is 4. The normalized spacial score (nSPS) is 18.7. The molecule has 0 aromatic heterocycles. The largest absolute Gasteiger partial charge is 0.478 e. The SMILES string of the molecule is CCCC(CC(=O)[C@@H]1C[C@@H](OC(C)(C)C)CN1C(=O)[C@@H](NC(=O)c1ccccc1C(=O)O)C1CCCCC1)C(=O)C(=O)CCC(=O)NC(C(N)=O)c1cccc(C)c1. The van der Waals surface area contributed by atoms with Gasteiger partial charge in [-0.25, -0.2) is 4.79 Å². The summed E-state index contributed by atoms with van der Waals surface area (Å²) in [5.41, 5.74) is 5.97. The lowest BCUT2D eigenvalue weighted by Gasteiger charge is -2.35. The molecule has 2 aromatic rings. The number of carbonyl (C=O) groups excluding carboxylic acids is 7. The number of nitrogens with two attached hydrogens (primary N) is 1. The number of primary amides is 1. The van der Waals surface area contributed by atoms with Gasteiger partial charge in [0.1, 0.15) is 12.1 Å². The summed E-state index contributed by atoms with van der Waals surface area (Å²) >= 11 is 0.